The first kappa shape index (κ1) is 18.0. The third-order valence-corrected chi connectivity index (χ3v) is 5.42. The fourth-order valence-corrected chi connectivity index (χ4v) is 3.31. The number of halogens is 1. The van der Waals surface area contributed by atoms with Gasteiger partial charge in [0.1, 0.15) is 0 Å². The van der Waals surface area contributed by atoms with Crippen LogP contribution in [0.4, 0.5) is 5.69 Å². The molecule has 2 N–H and O–H groups in total. The van der Waals surface area contributed by atoms with Gasteiger partial charge >= 0.3 is 0 Å². The molecule has 2 aliphatic rings. The van der Waals surface area contributed by atoms with Crippen LogP contribution >= 0.6 is 11.6 Å². The molecule has 2 amide bonds. The van der Waals surface area contributed by atoms with Crippen molar-refractivity contribution in [3.63, 3.8) is 0 Å². The molecular weight excluding hydrogens is 340 g/mol. The van der Waals surface area contributed by atoms with Gasteiger partial charge in [0.25, 0.3) is 0 Å². The van der Waals surface area contributed by atoms with E-state index in [1.54, 1.807) is 0 Å². The van der Waals surface area contributed by atoms with Gasteiger partial charge in [0.05, 0.1) is 6.54 Å². The van der Waals surface area contributed by atoms with Crippen LogP contribution in [-0.2, 0) is 9.59 Å². The normalized spacial score (nSPS) is 19.3. The molecule has 1 atom stereocenters. The Balaban J connectivity index is 1.42. The molecule has 0 aromatic heterocycles. The molecule has 1 unspecified atom stereocenters. The highest BCUT2D eigenvalue weighted by atomic mass is 35.5. The summed E-state index contributed by atoms with van der Waals surface area (Å²) in [7, 11) is 0. The van der Waals surface area contributed by atoms with Crippen LogP contribution in [0.1, 0.15) is 6.92 Å². The van der Waals surface area contributed by atoms with E-state index in [4.69, 9.17) is 11.6 Å². The third kappa shape index (κ3) is 4.44. The Bertz CT molecular complexity index is 610. The van der Waals surface area contributed by atoms with Crippen LogP contribution in [0, 0.1) is 11.8 Å². The molecule has 2 heterocycles. The van der Waals surface area contributed by atoms with Crippen molar-refractivity contribution in [2.75, 3.05) is 50.7 Å². The van der Waals surface area contributed by atoms with E-state index >= 15 is 0 Å². The Morgan fingerprint density at radius 3 is 2.40 bits per heavy atom. The van der Waals surface area contributed by atoms with Crippen molar-refractivity contribution in [2.24, 2.45) is 11.8 Å². The number of piperazine rings is 1. The molecule has 1 aromatic carbocycles. The van der Waals surface area contributed by atoms with E-state index < -0.39 is 0 Å². The van der Waals surface area contributed by atoms with Crippen LogP contribution in [0.2, 0.25) is 5.02 Å². The topological polar surface area (TPSA) is 64.7 Å². The summed E-state index contributed by atoms with van der Waals surface area (Å²) in [4.78, 5) is 28.5. The summed E-state index contributed by atoms with van der Waals surface area (Å²) >= 11 is 5.92. The number of nitrogens with zero attached hydrogens (tertiary/aromatic N) is 2. The maximum atomic E-state index is 12.3. The number of nitrogens with one attached hydrogen (secondary N) is 2. The van der Waals surface area contributed by atoms with E-state index in [1.165, 1.54) is 0 Å². The van der Waals surface area contributed by atoms with Crippen molar-refractivity contribution < 1.29 is 9.59 Å². The van der Waals surface area contributed by atoms with E-state index in [9.17, 15) is 9.59 Å². The lowest BCUT2D eigenvalue weighted by Gasteiger charge is -2.36. The predicted octanol–water partition coefficient (Wildman–Crippen LogP) is 0.960. The monoisotopic (exact) mass is 364 g/mol. The van der Waals surface area contributed by atoms with Crippen LogP contribution in [0.3, 0.4) is 0 Å². The van der Waals surface area contributed by atoms with E-state index in [1.807, 2.05) is 36.1 Å². The van der Waals surface area contributed by atoms with Gasteiger partial charge in [-0.3, -0.25) is 9.59 Å². The second kappa shape index (κ2) is 8.06. The Morgan fingerprint density at radius 1 is 1.20 bits per heavy atom. The lowest BCUT2D eigenvalue weighted by atomic mass is 9.88. The fraction of sp³-hybridized carbons (Fsp3) is 0.556. The number of rotatable bonds is 5. The minimum atomic E-state index is -0.0456. The number of benzene rings is 1. The predicted molar refractivity (Wildman–Crippen MR) is 98.8 cm³/mol. The molecule has 7 heteroatoms. The van der Waals surface area contributed by atoms with Crippen LogP contribution in [0.15, 0.2) is 24.3 Å². The van der Waals surface area contributed by atoms with Gasteiger partial charge in [-0.1, -0.05) is 18.5 Å². The van der Waals surface area contributed by atoms with Crippen molar-refractivity contribution >= 4 is 29.1 Å². The Labute approximate surface area is 153 Å². The highest BCUT2D eigenvalue weighted by molar-refractivity contribution is 6.30. The first-order chi connectivity index (χ1) is 12.0. The van der Waals surface area contributed by atoms with Crippen LogP contribution in [-0.4, -0.2) is 62.5 Å². The molecule has 136 valence electrons. The van der Waals surface area contributed by atoms with Gasteiger partial charge in [0.15, 0.2) is 0 Å². The number of amides is 2. The van der Waals surface area contributed by atoms with Gasteiger partial charge in [-0.15, -0.1) is 0 Å². The van der Waals surface area contributed by atoms with Gasteiger partial charge in [-0.05, 0) is 43.3 Å². The zero-order valence-electron chi connectivity index (χ0n) is 14.5. The summed E-state index contributed by atoms with van der Waals surface area (Å²) in [5.41, 5.74) is 1.12. The van der Waals surface area contributed by atoms with E-state index in [0.717, 1.165) is 36.9 Å². The van der Waals surface area contributed by atoms with E-state index in [-0.39, 0.29) is 24.3 Å². The van der Waals surface area contributed by atoms with Gasteiger partial charge < -0.3 is 20.4 Å². The molecule has 3 rings (SSSR count). The van der Waals surface area contributed by atoms with Crippen LogP contribution in [0.5, 0.6) is 0 Å². The number of hydrogen-bond acceptors (Lipinski definition) is 4. The van der Waals surface area contributed by atoms with Crippen LogP contribution in [0.25, 0.3) is 0 Å². The molecule has 6 nitrogen and oxygen atoms in total. The smallest absolute Gasteiger partial charge is 0.242 e. The quantitative estimate of drug-likeness (QED) is 0.817. The molecule has 1 aromatic rings. The zero-order valence-corrected chi connectivity index (χ0v) is 15.3. The van der Waals surface area contributed by atoms with Crippen molar-refractivity contribution in [3.05, 3.63) is 29.3 Å². The maximum Gasteiger partial charge on any atom is 0.242 e. The fourth-order valence-electron chi connectivity index (χ4n) is 3.18. The van der Waals surface area contributed by atoms with E-state index in [0.29, 0.717) is 19.0 Å². The SMILES string of the molecule is CC(C(=O)NCC(=O)N1CCN(c2ccc(Cl)cc2)CC1)C1CNC1. The molecular formula is C18H25ClN4O2. The minimum absolute atomic E-state index is 0.0111. The largest absolute Gasteiger partial charge is 0.368 e. The molecule has 0 radical (unpaired) electrons. The first-order valence-corrected chi connectivity index (χ1v) is 9.19. The van der Waals surface area contributed by atoms with Gasteiger partial charge in [-0.2, -0.15) is 0 Å². The number of carbonyl (C=O) groups excluding carboxylic acids is 2. The van der Waals surface area contributed by atoms with Gasteiger partial charge in [0, 0.05) is 42.8 Å². The lowest BCUT2D eigenvalue weighted by Crippen LogP contribution is -2.53. The summed E-state index contributed by atoms with van der Waals surface area (Å²) < 4.78 is 0. The summed E-state index contributed by atoms with van der Waals surface area (Å²) in [6.07, 6.45) is 0. The highest BCUT2D eigenvalue weighted by Crippen LogP contribution is 2.19. The minimum Gasteiger partial charge on any atom is -0.368 e. The molecule has 0 spiro atoms. The van der Waals surface area contributed by atoms with Crippen molar-refractivity contribution in [2.45, 2.75) is 6.92 Å². The highest BCUT2D eigenvalue weighted by Gasteiger charge is 2.29. The second-order valence-electron chi connectivity index (χ2n) is 6.77. The van der Waals surface area contributed by atoms with Crippen LogP contribution < -0.4 is 15.5 Å². The standard InChI is InChI=1S/C18H25ClN4O2/c1-13(14-10-20-11-14)18(25)21-12-17(24)23-8-6-22(7-9-23)16-4-2-15(19)3-5-16/h2-5,13-14,20H,6-12H2,1H3,(H,21,25). The summed E-state index contributed by atoms with van der Waals surface area (Å²) in [5.74, 6) is 0.302. The maximum absolute atomic E-state index is 12.3. The Kier molecular flexibility index (Phi) is 5.81. The molecule has 2 saturated heterocycles. The summed E-state index contributed by atoms with van der Waals surface area (Å²) in [6, 6.07) is 7.75. The molecule has 0 aliphatic carbocycles. The molecule has 2 aliphatic heterocycles. The molecule has 0 bridgehead atoms. The van der Waals surface area contributed by atoms with Crippen molar-refractivity contribution in [1.29, 1.82) is 0 Å². The number of carbonyl (C=O) groups is 2. The zero-order chi connectivity index (χ0) is 17.8. The van der Waals surface area contributed by atoms with Gasteiger partial charge in [-0.25, -0.2) is 0 Å². The van der Waals surface area contributed by atoms with Crippen molar-refractivity contribution in [1.82, 2.24) is 15.5 Å². The number of anilines is 1. The average Bonchev–Trinajstić information content (AvgIpc) is 2.58. The second-order valence-corrected chi connectivity index (χ2v) is 7.21. The Morgan fingerprint density at radius 2 is 1.84 bits per heavy atom. The van der Waals surface area contributed by atoms with Crippen molar-refractivity contribution in [3.8, 4) is 0 Å². The molecule has 25 heavy (non-hydrogen) atoms. The molecule has 2 fully saturated rings. The summed E-state index contributed by atoms with van der Waals surface area (Å²) in [5, 5.41) is 6.68. The third-order valence-electron chi connectivity index (χ3n) is 5.17. The first-order valence-electron chi connectivity index (χ1n) is 8.81. The molecule has 0 saturated carbocycles. The van der Waals surface area contributed by atoms with E-state index in [2.05, 4.69) is 15.5 Å². The number of hydrogen-bond donors (Lipinski definition) is 2. The summed E-state index contributed by atoms with van der Waals surface area (Å²) in [6.45, 7) is 6.68. The lowest BCUT2D eigenvalue weighted by molar-refractivity contribution is -0.134. The Hall–Kier alpha value is -1.79. The van der Waals surface area contributed by atoms with Gasteiger partial charge in [0.2, 0.25) is 11.8 Å². The average molecular weight is 365 g/mol.